The summed E-state index contributed by atoms with van der Waals surface area (Å²) in [6.45, 7) is 0.467. The van der Waals surface area contributed by atoms with E-state index in [1.165, 1.54) is 12.1 Å². The van der Waals surface area contributed by atoms with Crippen LogP contribution in [0.3, 0.4) is 0 Å². The molecule has 2 aliphatic heterocycles. The van der Waals surface area contributed by atoms with Crippen molar-refractivity contribution in [1.82, 2.24) is 4.90 Å². The molecule has 3 atom stereocenters. The molecule has 146 valence electrons. The fourth-order valence-corrected chi connectivity index (χ4v) is 3.42. The fourth-order valence-electron chi connectivity index (χ4n) is 3.42. The molecule has 0 radical (unpaired) electrons. The molecule has 2 fully saturated rings. The van der Waals surface area contributed by atoms with Crippen LogP contribution < -0.4 is 0 Å². The van der Waals surface area contributed by atoms with E-state index in [1.807, 2.05) is 30.3 Å². The van der Waals surface area contributed by atoms with E-state index in [1.54, 1.807) is 12.1 Å². The third-order valence-corrected chi connectivity index (χ3v) is 4.86. The predicted octanol–water partition coefficient (Wildman–Crippen LogP) is 3.74. The first kappa shape index (κ1) is 18.6. The average Bonchev–Trinajstić information content (AvgIpc) is 3.15. The SMILES string of the molecule is O=C(CC1CC(c2ccc(F)cc2)OC(c2ccccc2)O1)N1CCOC1=O. The van der Waals surface area contributed by atoms with Crippen LogP contribution in [0.2, 0.25) is 0 Å². The molecule has 2 aliphatic rings. The molecule has 0 spiro atoms. The maximum Gasteiger partial charge on any atom is 0.416 e. The topological polar surface area (TPSA) is 65.1 Å². The summed E-state index contributed by atoms with van der Waals surface area (Å²) in [4.78, 5) is 25.3. The van der Waals surface area contributed by atoms with E-state index in [0.717, 1.165) is 16.0 Å². The van der Waals surface area contributed by atoms with E-state index < -0.39 is 18.5 Å². The molecular formula is C21H20FNO5. The molecule has 0 aliphatic carbocycles. The summed E-state index contributed by atoms with van der Waals surface area (Å²) >= 11 is 0. The molecule has 2 saturated heterocycles. The highest BCUT2D eigenvalue weighted by Gasteiger charge is 2.36. The molecule has 6 nitrogen and oxygen atoms in total. The number of benzene rings is 2. The van der Waals surface area contributed by atoms with Gasteiger partial charge in [0, 0.05) is 12.0 Å². The molecule has 0 aromatic heterocycles. The maximum atomic E-state index is 13.3. The first-order valence-electron chi connectivity index (χ1n) is 9.18. The lowest BCUT2D eigenvalue weighted by atomic mass is 9.99. The van der Waals surface area contributed by atoms with Gasteiger partial charge in [-0.2, -0.15) is 0 Å². The van der Waals surface area contributed by atoms with Gasteiger partial charge in [0.05, 0.1) is 25.2 Å². The van der Waals surface area contributed by atoms with Crippen LogP contribution in [0.4, 0.5) is 9.18 Å². The van der Waals surface area contributed by atoms with E-state index in [9.17, 15) is 14.0 Å². The smallest absolute Gasteiger partial charge is 0.416 e. The molecule has 0 N–H and O–H groups in total. The summed E-state index contributed by atoms with van der Waals surface area (Å²) in [5.41, 5.74) is 1.64. The van der Waals surface area contributed by atoms with Crippen LogP contribution in [0.5, 0.6) is 0 Å². The Balaban J connectivity index is 1.54. The Kier molecular flexibility index (Phi) is 5.36. The van der Waals surface area contributed by atoms with Crippen molar-refractivity contribution in [1.29, 1.82) is 0 Å². The lowest BCUT2D eigenvalue weighted by Crippen LogP contribution is -2.37. The van der Waals surface area contributed by atoms with Crippen LogP contribution >= 0.6 is 0 Å². The molecule has 0 saturated carbocycles. The van der Waals surface area contributed by atoms with Crippen LogP contribution in [0.15, 0.2) is 54.6 Å². The van der Waals surface area contributed by atoms with Gasteiger partial charge >= 0.3 is 6.09 Å². The van der Waals surface area contributed by atoms with Gasteiger partial charge in [0.2, 0.25) is 5.91 Å². The minimum absolute atomic E-state index is 0.0412. The third kappa shape index (κ3) is 4.05. The average molecular weight is 385 g/mol. The first-order chi connectivity index (χ1) is 13.6. The lowest BCUT2D eigenvalue weighted by Gasteiger charge is -2.36. The predicted molar refractivity (Wildman–Crippen MR) is 96.6 cm³/mol. The number of carbonyl (C=O) groups is 2. The van der Waals surface area contributed by atoms with Crippen LogP contribution in [0.1, 0.15) is 36.4 Å². The highest BCUT2D eigenvalue weighted by molar-refractivity contribution is 5.93. The van der Waals surface area contributed by atoms with Gasteiger partial charge in [-0.3, -0.25) is 4.79 Å². The zero-order valence-electron chi connectivity index (χ0n) is 15.1. The quantitative estimate of drug-likeness (QED) is 0.802. The highest BCUT2D eigenvalue weighted by atomic mass is 19.1. The number of carbonyl (C=O) groups excluding carboxylic acids is 2. The number of imide groups is 1. The van der Waals surface area contributed by atoms with E-state index in [2.05, 4.69) is 0 Å². The van der Waals surface area contributed by atoms with Crippen molar-refractivity contribution in [3.63, 3.8) is 0 Å². The van der Waals surface area contributed by atoms with Gasteiger partial charge < -0.3 is 14.2 Å². The molecule has 2 amide bonds. The Morgan fingerprint density at radius 2 is 1.79 bits per heavy atom. The second-order valence-electron chi connectivity index (χ2n) is 6.78. The normalized spacial score (nSPS) is 24.8. The number of rotatable bonds is 4. The monoisotopic (exact) mass is 385 g/mol. The summed E-state index contributed by atoms with van der Waals surface area (Å²) < 4.78 is 30.2. The van der Waals surface area contributed by atoms with Crippen LogP contribution in [0, 0.1) is 5.82 Å². The second-order valence-corrected chi connectivity index (χ2v) is 6.78. The fraction of sp³-hybridized carbons (Fsp3) is 0.333. The number of halogens is 1. The zero-order chi connectivity index (χ0) is 19.5. The Bertz CT molecular complexity index is 842. The molecular weight excluding hydrogens is 365 g/mol. The summed E-state index contributed by atoms with van der Waals surface area (Å²) in [7, 11) is 0. The number of hydrogen-bond acceptors (Lipinski definition) is 5. The Labute approximate surface area is 161 Å². The van der Waals surface area contributed by atoms with Gasteiger partial charge in [0.1, 0.15) is 12.4 Å². The lowest BCUT2D eigenvalue weighted by molar-refractivity contribution is -0.251. The van der Waals surface area contributed by atoms with Gasteiger partial charge in [0.15, 0.2) is 6.29 Å². The van der Waals surface area contributed by atoms with E-state index in [-0.39, 0.29) is 37.4 Å². The molecule has 4 rings (SSSR count). The number of ether oxygens (including phenoxy) is 3. The first-order valence-corrected chi connectivity index (χ1v) is 9.18. The summed E-state index contributed by atoms with van der Waals surface area (Å²) in [6.07, 6.45) is -1.62. The summed E-state index contributed by atoms with van der Waals surface area (Å²) in [5.74, 6) is -0.659. The second kappa shape index (κ2) is 8.08. The van der Waals surface area contributed by atoms with Crippen molar-refractivity contribution in [2.24, 2.45) is 0 Å². The number of cyclic esters (lactones) is 1. The van der Waals surface area contributed by atoms with Gasteiger partial charge in [0.25, 0.3) is 0 Å². The molecule has 2 aromatic rings. The molecule has 7 heteroatoms. The molecule has 0 bridgehead atoms. The third-order valence-electron chi connectivity index (χ3n) is 4.86. The van der Waals surface area contributed by atoms with E-state index in [0.29, 0.717) is 6.42 Å². The van der Waals surface area contributed by atoms with Crippen molar-refractivity contribution in [2.45, 2.75) is 31.3 Å². The Hall–Kier alpha value is -2.77. The van der Waals surface area contributed by atoms with Crippen LogP contribution in [-0.4, -0.2) is 36.2 Å². The Morgan fingerprint density at radius 3 is 2.46 bits per heavy atom. The molecule has 2 heterocycles. The van der Waals surface area contributed by atoms with Crippen LogP contribution in [0.25, 0.3) is 0 Å². The van der Waals surface area contributed by atoms with Gasteiger partial charge in [-0.15, -0.1) is 0 Å². The van der Waals surface area contributed by atoms with Gasteiger partial charge in [-0.05, 0) is 17.7 Å². The standard InChI is InChI=1S/C21H20FNO5/c22-16-8-6-14(7-9-16)18-12-17(13-19(24)23-10-11-26-21(23)25)27-20(28-18)15-4-2-1-3-5-15/h1-9,17-18,20H,10-13H2. The van der Waals surface area contributed by atoms with Crippen molar-refractivity contribution in [3.8, 4) is 0 Å². The van der Waals surface area contributed by atoms with Crippen molar-refractivity contribution in [2.75, 3.05) is 13.2 Å². The van der Waals surface area contributed by atoms with E-state index >= 15 is 0 Å². The van der Waals surface area contributed by atoms with E-state index in [4.69, 9.17) is 14.2 Å². The zero-order valence-corrected chi connectivity index (χ0v) is 15.1. The van der Waals surface area contributed by atoms with Crippen molar-refractivity contribution in [3.05, 3.63) is 71.5 Å². The van der Waals surface area contributed by atoms with Gasteiger partial charge in [-0.1, -0.05) is 42.5 Å². The van der Waals surface area contributed by atoms with Gasteiger partial charge in [-0.25, -0.2) is 14.1 Å². The number of nitrogens with zero attached hydrogens (tertiary/aromatic N) is 1. The summed E-state index contributed by atoms with van der Waals surface area (Å²) in [5, 5.41) is 0. The minimum Gasteiger partial charge on any atom is -0.447 e. The maximum absolute atomic E-state index is 13.3. The Morgan fingerprint density at radius 1 is 1.04 bits per heavy atom. The van der Waals surface area contributed by atoms with Crippen molar-refractivity contribution < 1.29 is 28.2 Å². The molecule has 2 aromatic carbocycles. The highest BCUT2D eigenvalue weighted by Crippen LogP contribution is 2.38. The van der Waals surface area contributed by atoms with Crippen LogP contribution in [-0.2, 0) is 19.0 Å². The van der Waals surface area contributed by atoms with Crippen molar-refractivity contribution >= 4 is 12.0 Å². The molecule has 3 unspecified atom stereocenters. The molecule has 28 heavy (non-hydrogen) atoms. The minimum atomic E-state index is -0.659. The number of amides is 2. The number of hydrogen-bond donors (Lipinski definition) is 0. The summed E-state index contributed by atoms with van der Waals surface area (Å²) in [6, 6.07) is 15.5. The largest absolute Gasteiger partial charge is 0.447 e.